The minimum Gasteiger partial charge on any atom is -0.383 e. The van der Waals surface area contributed by atoms with Crippen LogP contribution in [-0.4, -0.2) is 57.0 Å². The Morgan fingerprint density at radius 2 is 2.33 bits per heavy atom. The molecule has 4 nitrogen and oxygen atoms in total. The standard InChI is InChI=1S/C10H21N3OS/c1-13-5-3-9(8-13)7-12-10(15)11-4-6-14-2/h9H,3-8H2,1-2H3,(H2,11,12,15). The van der Waals surface area contributed by atoms with Crippen molar-refractivity contribution >= 4 is 17.3 Å². The van der Waals surface area contributed by atoms with Crippen LogP contribution in [0.5, 0.6) is 0 Å². The van der Waals surface area contributed by atoms with Crippen LogP contribution in [0.3, 0.4) is 0 Å². The quantitative estimate of drug-likeness (QED) is 0.516. The van der Waals surface area contributed by atoms with Crippen molar-refractivity contribution in [1.29, 1.82) is 0 Å². The summed E-state index contributed by atoms with van der Waals surface area (Å²) < 4.78 is 4.93. The van der Waals surface area contributed by atoms with Gasteiger partial charge in [0, 0.05) is 26.7 Å². The minimum atomic E-state index is 0.688. The zero-order valence-electron chi connectivity index (χ0n) is 9.58. The molecule has 1 heterocycles. The minimum absolute atomic E-state index is 0.688. The van der Waals surface area contributed by atoms with E-state index in [4.69, 9.17) is 17.0 Å². The SMILES string of the molecule is COCCNC(=S)NCC1CCN(C)C1. The van der Waals surface area contributed by atoms with Gasteiger partial charge in [-0.2, -0.15) is 0 Å². The maximum absolute atomic E-state index is 5.14. The summed E-state index contributed by atoms with van der Waals surface area (Å²) in [5.74, 6) is 0.733. The van der Waals surface area contributed by atoms with Gasteiger partial charge in [-0.1, -0.05) is 0 Å². The summed E-state index contributed by atoms with van der Waals surface area (Å²) in [6.45, 7) is 4.81. The monoisotopic (exact) mass is 231 g/mol. The van der Waals surface area contributed by atoms with Gasteiger partial charge in [0.1, 0.15) is 0 Å². The molecular weight excluding hydrogens is 210 g/mol. The molecule has 0 aromatic heterocycles. The number of likely N-dealkylation sites (tertiary alicyclic amines) is 1. The van der Waals surface area contributed by atoms with E-state index in [9.17, 15) is 0 Å². The number of methoxy groups -OCH3 is 1. The first-order valence-corrected chi connectivity index (χ1v) is 5.82. The van der Waals surface area contributed by atoms with Gasteiger partial charge in [0.15, 0.2) is 5.11 Å². The second kappa shape index (κ2) is 6.98. The van der Waals surface area contributed by atoms with Gasteiger partial charge in [-0.15, -0.1) is 0 Å². The zero-order chi connectivity index (χ0) is 11.1. The molecule has 1 saturated heterocycles. The van der Waals surface area contributed by atoms with Gasteiger partial charge >= 0.3 is 0 Å². The molecule has 1 unspecified atom stereocenters. The van der Waals surface area contributed by atoms with Gasteiger partial charge in [-0.3, -0.25) is 0 Å². The van der Waals surface area contributed by atoms with Crippen LogP contribution in [0.1, 0.15) is 6.42 Å². The van der Waals surface area contributed by atoms with E-state index < -0.39 is 0 Å². The third-order valence-corrected chi connectivity index (χ3v) is 2.92. The summed E-state index contributed by atoms with van der Waals surface area (Å²) >= 11 is 5.14. The molecule has 88 valence electrons. The molecule has 1 aliphatic heterocycles. The number of thiocarbonyl (C=S) groups is 1. The predicted octanol–water partition coefficient (Wildman–Crippen LogP) is 0.0486. The molecule has 0 radical (unpaired) electrons. The van der Waals surface area contributed by atoms with Crippen molar-refractivity contribution in [3.05, 3.63) is 0 Å². The highest BCUT2D eigenvalue weighted by Gasteiger charge is 2.18. The van der Waals surface area contributed by atoms with Crippen LogP contribution in [0.2, 0.25) is 0 Å². The van der Waals surface area contributed by atoms with Crippen LogP contribution in [0.4, 0.5) is 0 Å². The number of rotatable bonds is 5. The normalized spacial score (nSPS) is 21.6. The fourth-order valence-electron chi connectivity index (χ4n) is 1.76. The van der Waals surface area contributed by atoms with Gasteiger partial charge in [0.25, 0.3) is 0 Å². The van der Waals surface area contributed by atoms with Gasteiger partial charge in [0.2, 0.25) is 0 Å². The molecule has 2 N–H and O–H groups in total. The Balaban J connectivity index is 2.01. The summed E-state index contributed by atoms with van der Waals surface area (Å²) in [7, 11) is 3.85. The predicted molar refractivity (Wildman–Crippen MR) is 66.1 cm³/mol. The summed E-state index contributed by atoms with van der Waals surface area (Å²) in [6.07, 6.45) is 1.27. The molecule has 1 atom stereocenters. The topological polar surface area (TPSA) is 36.5 Å². The van der Waals surface area contributed by atoms with Crippen molar-refractivity contribution < 1.29 is 4.74 Å². The molecule has 1 rings (SSSR count). The maximum Gasteiger partial charge on any atom is 0.166 e. The molecule has 0 spiro atoms. The molecule has 0 amide bonds. The van der Waals surface area contributed by atoms with Crippen molar-refractivity contribution in [3.8, 4) is 0 Å². The molecule has 0 aromatic carbocycles. The molecule has 15 heavy (non-hydrogen) atoms. The van der Waals surface area contributed by atoms with Crippen molar-refractivity contribution in [3.63, 3.8) is 0 Å². The average molecular weight is 231 g/mol. The average Bonchev–Trinajstić information content (AvgIpc) is 2.62. The fourth-order valence-corrected chi connectivity index (χ4v) is 1.94. The molecule has 1 aliphatic rings. The molecule has 1 fully saturated rings. The number of hydrogen-bond acceptors (Lipinski definition) is 3. The van der Waals surface area contributed by atoms with Gasteiger partial charge < -0.3 is 20.3 Å². The summed E-state index contributed by atoms with van der Waals surface area (Å²) in [4.78, 5) is 2.35. The Morgan fingerprint density at radius 3 is 2.93 bits per heavy atom. The first kappa shape index (κ1) is 12.7. The Hall–Kier alpha value is -0.390. The summed E-state index contributed by atoms with van der Waals surface area (Å²) in [5, 5.41) is 7.08. The summed E-state index contributed by atoms with van der Waals surface area (Å²) in [5.41, 5.74) is 0. The van der Waals surface area contributed by atoms with Crippen LogP contribution in [-0.2, 0) is 4.74 Å². The van der Waals surface area contributed by atoms with E-state index in [2.05, 4.69) is 22.6 Å². The van der Waals surface area contributed by atoms with E-state index in [0.29, 0.717) is 6.61 Å². The first-order chi connectivity index (χ1) is 7.22. The van der Waals surface area contributed by atoms with Crippen molar-refractivity contribution in [1.82, 2.24) is 15.5 Å². The maximum atomic E-state index is 5.14. The number of hydrogen-bond donors (Lipinski definition) is 2. The lowest BCUT2D eigenvalue weighted by molar-refractivity contribution is 0.204. The zero-order valence-corrected chi connectivity index (χ0v) is 10.4. The second-order valence-electron chi connectivity index (χ2n) is 4.05. The number of ether oxygens (including phenoxy) is 1. The van der Waals surface area contributed by atoms with Crippen molar-refractivity contribution in [2.45, 2.75) is 6.42 Å². The van der Waals surface area contributed by atoms with Crippen LogP contribution in [0.25, 0.3) is 0 Å². The van der Waals surface area contributed by atoms with Crippen LogP contribution in [0.15, 0.2) is 0 Å². The van der Waals surface area contributed by atoms with E-state index in [-0.39, 0.29) is 0 Å². The molecule has 5 heteroatoms. The first-order valence-electron chi connectivity index (χ1n) is 5.41. The van der Waals surface area contributed by atoms with E-state index in [1.807, 2.05) is 0 Å². The van der Waals surface area contributed by atoms with E-state index >= 15 is 0 Å². The van der Waals surface area contributed by atoms with Crippen LogP contribution >= 0.6 is 12.2 Å². The Kier molecular flexibility index (Phi) is 5.90. The smallest absolute Gasteiger partial charge is 0.166 e. The van der Waals surface area contributed by atoms with Gasteiger partial charge in [0.05, 0.1) is 6.61 Å². The lowest BCUT2D eigenvalue weighted by atomic mass is 10.1. The summed E-state index contributed by atoms with van der Waals surface area (Å²) in [6, 6.07) is 0. The largest absolute Gasteiger partial charge is 0.383 e. The van der Waals surface area contributed by atoms with Gasteiger partial charge in [-0.25, -0.2) is 0 Å². The second-order valence-corrected chi connectivity index (χ2v) is 4.45. The molecular formula is C10H21N3OS. The third kappa shape index (κ3) is 5.30. The van der Waals surface area contributed by atoms with Crippen molar-refractivity contribution in [2.75, 3.05) is 46.9 Å². The molecule has 0 aromatic rings. The highest BCUT2D eigenvalue weighted by molar-refractivity contribution is 7.80. The Morgan fingerprint density at radius 1 is 1.53 bits per heavy atom. The third-order valence-electron chi connectivity index (χ3n) is 2.63. The highest BCUT2D eigenvalue weighted by atomic mass is 32.1. The number of nitrogens with one attached hydrogen (secondary N) is 2. The Labute approximate surface area is 97.3 Å². The van der Waals surface area contributed by atoms with Crippen LogP contribution in [0, 0.1) is 5.92 Å². The van der Waals surface area contributed by atoms with Crippen molar-refractivity contribution in [2.24, 2.45) is 5.92 Å². The highest BCUT2D eigenvalue weighted by Crippen LogP contribution is 2.12. The lowest BCUT2D eigenvalue weighted by Gasteiger charge is -2.14. The van der Waals surface area contributed by atoms with E-state index in [1.54, 1.807) is 7.11 Å². The lowest BCUT2D eigenvalue weighted by Crippen LogP contribution is -2.39. The fraction of sp³-hybridized carbons (Fsp3) is 0.900. The number of nitrogens with zero attached hydrogens (tertiary/aromatic N) is 1. The molecule has 0 saturated carbocycles. The molecule has 0 bridgehead atoms. The van der Waals surface area contributed by atoms with Gasteiger partial charge in [-0.05, 0) is 38.1 Å². The molecule has 0 aliphatic carbocycles. The van der Waals surface area contributed by atoms with Crippen LogP contribution < -0.4 is 10.6 Å². The van der Waals surface area contributed by atoms with E-state index in [1.165, 1.54) is 19.5 Å². The van der Waals surface area contributed by atoms with E-state index in [0.717, 1.165) is 24.1 Å². The Bertz CT molecular complexity index is 201.